The second-order valence-electron chi connectivity index (χ2n) is 5.23. The predicted octanol–water partition coefficient (Wildman–Crippen LogP) is 3.00. The molecular weight excluding hydrogens is 274 g/mol. The number of nitrogens with two attached hydrogens (primary N) is 1. The fourth-order valence-corrected chi connectivity index (χ4v) is 2.57. The van der Waals surface area contributed by atoms with Crippen LogP contribution in [0.5, 0.6) is 0 Å². The van der Waals surface area contributed by atoms with Crippen molar-refractivity contribution in [3.63, 3.8) is 0 Å². The summed E-state index contributed by atoms with van der Waals surface area (Å²) >= 11 is 0. The van der Waals surface area contributed by atoms with Crippen LogP contribution in [0.2, 0.25) is 0 Å². The molecule has 0 fully saturated rings. The Labute approximate surface area is 127 Å². The van der Waals surface area contributed by atoms with Crippen LogP contribution in [0.15, 0.2) is 60.9 Å². The van der Waals surface area contributed by atoms with Crippen LogP contribution in [0.1, 0.15) is 17.4 Å². The summed E-state index contributed by atoms with van der Waals surface area (Å²) in [5.74, 6) is 0.775. The Kier molecular flexibility index (Phi) is 2.98. The van der Waals surface area contributed by atoms with E-state index in [0.29, 0.717) is 0 Å². The Morgan fingerprint density at radius 3 is 2.50 bits per heavy atom. The molecule has 4 N–H and O–H groups in total. The maximum atomic E-state index is 6.34. The molecule has 0 aliphatic heterocycles. The predicted molar refractivity (Wildman–Crippen MR) is 86.1 cm³/mol. The van der Waals surface area contributed by atoms with E-state index in [0.717, 1.165) is 33.5 Å². The van der Waals surface area contributed by atoms with E-state index in [2.05, 4.69) is 20.2 Å². The van der Waals surface area contributed by atoms with Gasteiger partial charge < -0.3 is 10.7 Å². The molecule has 2 aromatic carbocycles. The molecule has 0 amide bonds. The van der Waals surface area contributed by atoms with Gasteiger partial charge in [-0.25, -0.2) is 4.98 Å². The minimum Gasteiger partial charge on any atom is -0.340 e. The Hall–Kier alpha value is -2.92. The molecule has 0 bridgehead atoms. The number of para-hydroxylation sites is 2. The maximum Gasteiger partial charge on any atom is 0.128 e. The van der Waals surface area contributed by atoms with E-state index in [4.69, 9.17) is 5.73 Å². The number of rotatable bonds is 3. The van der Waals surface area contributed by atoms with E-state index in [1.807, 2.05) is 54.7 Å². The molecule has 108 valence electrons. The summed E-state index contributed by atoms with van der Waals surface area (Å²) in [5, 5.41) is 6.78. The van der Waals surface area contributed by atoms with Crippen molar-refractivity contribution >= 4 is 11.0 Å². The van der Waals surface area contributed by atoms with Gasteiger partial charge in [0.25, 0.3) is 0 Å². The van der Waals surface area contributed by atoms with E-state index >= 15 is 0 Å². The first kappa shape index (κ1) is 12.8. The number of hydrogen-bond donors (Lipinski definition) is 3. The number of nitrogens with zero attached hydrogens (tertiary/aromatic N) is 2. The van der Waals surface area contributed by atoms with Crippen molar-refractivity contribution in [2.45, 2.75) is 6.04 Å². The lowest BCUT2D eigenvalue weighted by atomic mass is 10.0. The quantitative estimate of drug-likeness (QED) is 0.542. The van der Waals surface area contributed by atoms with Gasteiger partial charge in [-0.3, -0.25) is 5.10 Å². The van der Waals surface area contributed by atoms with Gasteiger partial charge in [-0.1, -0.05) is 36.4 Å². The molecule has 4 rings (SSSR count). The minimum atomic E-state index is -0.272. The van der Waals surface area contributed by atoms with Gasteiger partial charge in [0, 0.05) is 11.8 Å². The Morgan fingerprint density at radius 1 is 0.955 bits per heavy atom. The molecular formula is C17H15N5. The minimum absolute atomic E-state index is 0.272. The van der Waals surface area contributed by atoms with Gasteiger partial charge in [0.1, 0.15) is 5.82 Å². The Balaban J connectivity index is 1.66. The maximum absolute atomic E-state index is 6.34. The molecule has 0 saturated heterocycles. The Morgan fingerprint density at radius 2 is 1.77 bits per heavy atom. The third kappa shape index (κ3) is 2.17. The molecule has 2 heterocycles. The van der Waals surface area contributed by atoms with Gasteiger partial charge in [-0.15, -0.1) is 0 Å². The molecule has 0 radical (unpaired) electrons. The van der Waals surface area contributed by atoms with Crippen LogP contribution in [0.3, 0.4) is 0 Å². The van der Waals surface area contributed by atoms with Crippen LogP contribution < -0.4 is 5.73 Å². The summed E-state index contributed by atoms with van der Waals surface area (Å²) in [6.45, 7) is 0. The van der Waals surface area contributed by atoms with Crippen molar-refractivity contribution in [2.24, 2.45) is 5.73 Å². The zero-order valence-electron chi connectivity index (χ0n) is 11.8. The first-order valence-electron chi connectivity index (χ1n) is 7.10. The van der Waals surface area contributed by atoms with Crippen molar-refractivity contribution in [3.8, 4) is 11.1 Å². The molecule has 0 saturated carbocycles. The third-order valence-electron chi connectivity index (χ3n) is 3.80. The molecule has 4 aromatic rings. The molecule has 22 heavy (non-hydrogen) atoms. The third-order valence-corrected chi connectivity index (χ3v) is 3.80. The first-order valence-corrected chi connectivity index (χ1v) is 7.10. The molecule has 2 aromatic heterocycles. The van der Waals surface area contributed by atoms with Crippen molar-refractivity contribution < 1.29 is 0 Å². The molecule has 0 aliphatic carbocycles. The van der Waals surface area contributed by atoms with Gasteiger partial charge in [0.15, 0.2) is 0 Å². The number of nitrogens with one attached hydrogen (secondary N) is 2. The SMILES string of the molecule is NC(c1ccc(-c2cn[nH]c2)cc1)c1nc2ccccc2[nH]1. The molecule has 0 spiro atoms. The van der Waals surface area contributed by atoms with Crippen LogP contribution in [0.25, 0.3) is 22.2 Å². The van der Waals surface area contributed by atoms with E-state index in [-0.39, 0.29) is 6.04 Å². The molecule has 1 atom stereocenters. The highest BCUT2D eigenvalue weighted by Crippen LogP contribution is 2.23. The van der Waals surface area contributed by atoms with Crippen molar-refractivity contribution in [1.82, 2.24) is 20.2 Å². The number of H-pyrrole nitrogens is 2. The summed E-state index contributed by atoms with van der Waals surface area (Å²) in [4.78, 5) is 7.85. The van der Waals surface area contributed by atoms with Crippen molar-refractivity contribution in [3.05, 3.63) is 72.3 Å². The van der Waals surface area contributed by atoms with Gasteiger partial charge in [0.05, 0.1) is 23.3 Å². The second-order valence-corrected chi connectivity index (χ2v) is 5.23. The van der Waals surface area contributed by atoms with Crippen LogP contribution in [-0.4, -0.2) is 20.2 Å². The van der Waals surface area contributed by atoms with Gasteiger partial charge >= 0.3 is 0 Å². The monoisotopic (exact) mass is 289 g/mol. The fraction of sp³-hybridized carbons (Fsp3) is 0.0588. The van der Waals surface area contributed by atoms with E-state index in [1.165, 1.54) is 0 Å². The zero-order chi connectivity index (χ0) is 14.9. The zero-order valence-corrected chi connectivity index (χ0v) is 11.8. The molecule has 1 unspecified atom stereocenters. The van der Waals surface area contributed by atoms with E-state index in [1.54, 1.807) is 6.20 Å². The summed E-state index contributed by atoms with van der Waals surface area (Å²) < 4.78 is 0. The fourth-order valence-electron chi connectivity index (χ4n) is 2.57. The first-order chi connectivity index (χ1) is 10.8. The highest BCUT2D eigenvalue weighted by Gasteiger charge is 2.13. The van der Waals surface area contributed by atoms with Crippen LogP contribution in [-0.2, 0) is 0 Å². The van der Waals surface area contributed by atoms with Crippen molar-refractivity contribution in [2.75, 3.05) is 0 Å². The summed E-state index contributed by atoms with van der Waals surface area (Å²) in [5.41, 5.74) is 11.5. The lowest BCUT2D eigenvalue weighted by Crippen LogP contribution is -2.13. The summed E-state index contributed by atoms with van der Waals surface area (Å²) in [6, 6.07) is 15.8. The lowest BCUT2D eigenvalue weighted by molar-refractivity contribution is 0.806. The highest BCUT2D eigenvalue weighted by molar-refractivity contribution is 5.75. The summed E-state index contributed by atoms with van der Waals surface area (Å²) in [6.07, 6.45) is 3.67. The van der Waals surface area contributed by atoms with Crippen molar-refractivity contribution in [1.29, 1.82) is 0 Å². The van der Waals surface area contributed by atoms with Crippen LogP contribution in [0.4, 0.5) is 0 Å². The van der Waals surface area contributed by atoms with Gasteiger partial charge in [-0.2, -0.15) is 5.10 Å². The smallest absolute Gasteiger partial charge is 0.128 e. The topological polar surface area (TPSA) is 83.4 Å². The van der Waals surface area contributed by atoms with Crippen LogP contribution >= 0.6 is 0 Å². The van der Waals surface area contributed by atoms with Gasteiger partial charge in [-0.05, 0) is 23.3 Å². The van der Waals surface area contributed by atoms with E-state index < -0.39 is 0 Å². The average molecular weight is 289 g/mol. The highest BCUT2D eigenvalue weighted by atomic mass is 15.1. The number of imidazole rings is 1. The Bertz CT molecular complexity index is 857. The number of fused-ring (bicyclic) bond motifs is 1. The largest absolute Gasteiger partial charge is 0.340 e. The summed E-state index contributed by atoms with van der Waals surface area (Å²) in [7, 11) is 0. The number of benzene rings is 2. The lowest BCUT2D eigenvalue weighted by Gasteiger charge is -2.09. The number of aromatic amines is 2. The van der Waals surface area contributed by atoms with Crippen LogP contribution in [0, 0.1) is 0 Å². The van der Waals surface area contributed by atoms with Gasteiger partial charge in [0.2, 0.25) is 0 Å². The number of hydrogen-bond acceptors (Lipinski definition) is 3. The standard InChI is InChI=1S/C17H15N5/c18-16(17-21-14-3-1-2-4-15(14)22-17)12-7-5-11(6-8-12)13-9-19-20-10-13/h1-10,16H,18H2,(H,19,20)(H,21,22). The normalized spacial score (nSPS) is 12.6. The second kappa shape index (κ2) is 5.13. The molecule has 5 heteroatoms. The van der Waals surface area contributed by atoms with E-state index in [9.17, 15) is 0 Å². The average Bonchev–Trinajstić information content (AvgIpc) is 3.23. The number of aromatic nitrogens is 4. The molecule has 5 nitrogen and oxygen atoms in total. The molecule has 0 aliphatic rings.